The maximum Gasteiger partial charge on any atom is 0.231 e. The number of benzene rings is 2. The quantitative estimate of drug-likeness (QED) is 0.586. The SMILES string of the molecule is COc1ccc2c(c1)S[C@@H](c1cc3c(cc1Cl)OCO3)CCN2Cc1nc[nH]c1C. The number of nitrogens with zero attached hydrogens (tertiary/aromatic N) is 2. The highest BCUT2D eigenvalue weighted by atomic mass is 35.5. The number of aryl methyl sites for hydroxylation is 1. The number of hydrogen-bond donors (Lipinski definition) is 1. The van der Waals surface area contributed by atoms with Gasteiger partial charge in [0.15, 0.2) is 11.5 Å². The lowest BCUT2D eigenvalue weighted by atomic mass is 10.1. The van der Waals surface area contributed by atoms with Gasteiger partial charge in [-0.2, -0.15) is 0 Å². The number of halogens is 1. The van der Waals surface area contributed by atoms with E-state index < -0.39 is 0 Å². The Hall–Kier alpha value is -2.51. The van der Waals surface area contributed by atoms with Gasteiger partial charge in [0.1, 0.15) is 5.75 Å². The van der Waals surface area contributed by atoms with Crippen LogP contribution in [0.5, 0.6) is 17.2 Å². The first-order valence-electron chi connectivity index (χ1n) is 9.80. The summed E-state index contributed by atoms with van der Waals surface area (Å²) in [6, 6.07) is 10.1. The smallest absolute Gasteiger partial charge is 0.231 e. The minimum Gasteiger partial charge on any atom is -0.497 e. The number of H-pyrrole nitrogens is 1. The molecule has 1 aromatic heterocycles. The van der Waals surface area contributed by atoms with Gasteiger partial charge >= 0.3 is 0 Å². The molecule has 3 heterocycles. The molecule has 3 aromatic rings. The predicted octanol–water partition coefficient (Wildman–Crippen LogP) is 5.35. The van der Waals surface area contributed by atoms with E-state index in [1.807, 2.05) is 30.0 Å². The maximum atomic E-state index is 6.65. The molecule has 0 fully saturated rings. The molecule has 5 rings (SSSR count). The molecule has 0 unspecified atom stereocenters. The summed E-state index contributed by atoms with van der Waals surface area (Å²) in [5, 5.41) is 0.890. The summed E-state index contributed by atoms with van der Waals surface area (Å²) in [7, 11) is 1.69. The first-order chi connectivity index (χ1) is 14.6. The molecule has 8 heteroatoms. The Morgan fingerprint density at radius 2 is 2.10 bits per heavy atom. The van der Waals surface area contributed by atoms with Crippen LogP contribution in [0.3, 0.4) is 0 Å². The zero-order valence-corrected chi connectivity index (χ0v) is 18.3. The molecule has 1 N–H and O–H groups in total. The number of rotatable bonds is 4. The summed E-state index contributed by atoms with van der Waals surface area (Å²) in [5.74, 6) is 2.31. The fourth-order valence-corrected chi connectivity index (χ4v) is 5.58. The third kappa shape index (κ3) is 3.56. The van der Waals surface area contributed by atoms with Gasteiger partial charge in [0, 0.05) is 33.5 Å². The topological polar surface area (TPSA) is 59.6 Å². The summed E-state index contributed by atoms with van der Waals surface area (Å²) >= 11 is 8.46. The first-order valence-corrected chi connectivity index (χ1v) is 11.1. The van der Waals surface area contributed by atoms with Crippen LogP contribution in [0, 0.1) is 6.92 Å². The number of imidazole rings is 1. The number of methoxy groups -OCH3 is 1. The van der Waals surface area contributed by atoms with Crippen LogP contribution >= 0.6 is 23.4 Å². The molecule has 0 aliphatic carbocycles. The molecule has 0 spiro atoms. The van der Waals surface area contributed by atoms with Crippen molar-refractivity contribution in [2.45, 2.75) is 30.0 Å². The number of hydrogen-bond acceptors (Lipinski definition) is 6. The molecule has 156 valence electrons. The highest BCUT2D eigenvalue weighted by Gasteiger charge is 2.28. The van der Waals surface area contributed by atoms with Crippen molar-refractivity contribution in [1.29, 1.82) is 0 Å². The van der Waals surface area contributed by atoms with Crippen LogP contribution in [0.1, 0.15) is 28.6 Å². The normalized spacial score (nSPS) is 17.6. The lowest BCUT2D eigenvalue weighted by Gasteiger charge is -2.24. The summed E-state index contributed by atoms with van der Waals surface area (Å²) in [5.41, 5.74) is 4.40. The lowest BCUT2D eigenvalue weighted by molar-refractivity contribution is 0.174. The molecule has 0 bridgehead atoms. The van der Waals surface area contributed by atoms with E-state index in [0.717, 1.165) is 48.0 Å². The highest BCUT2D eigenvalue weighted by Crippen LogP contribution is 2.50. The molecule has 6 nitrogen and oxygen atoms in total. The van der Waals surface area contributed by atoms with E-state index >= 15 is 0 Å². The van der Waals surface area contributed by atoms with Crippen LogP contribution in [-0.2, 0) is 6.54 Å². The van der Waals surface area contributed by atoms with Gasteiger partial charge in [-0.1, -0.05) is 11.6 Å². The van der Waals surface area contributed by atoms with Crippen molar-refractivity contribution >= 4 is 29.1 Å². The standard InChI is InChI=1S/C22H22ClN3O3S/c1-13-17(25-11-24-13)10-26-6-5-21(30-22-7-14(27-2)3-4-18(22)26)15-8-19-20(9-16(15)23)29-12-28-19/h3-4,7-9,11,21H,5-6,10,12H2,1-2H3,(H,24,25)/t21-/m1/s1. The third-order valence-electron chi connectivity index (χ3n) is 5.55. The molecule has 2 aromatic carbocycles. The monoisotopic (exact) mass is 443 g/mol. The fourth-order valence-electron chi connectivity index (χ4n) is 3.87. The van der Waals surface area contributed by atoms with E-state index in [4.69, 9.17) is 25.8 Å². The summed E-state index contributed by atoms with van der Waals surface area (Å²) in [6.45, 7) is 3.92. The maximum absolute atomic E-state index is 6.65. The van der Waals surface area contributed by atoms with E-state index in [1.165, 1.54) is 10.6 Å². The number of nitrogens with one attached hydrogen (secondary N) is 1. The van der Waals surface area contributed by atoms with Crippen molar-refractivity contribution < 1.29 is 14.2 Å². The Morgan fingerprint density at radius 3 is 2.87 bits per heavy atom. The average molecular weight is 444 g/mol. The van der Waals surface area contributed by atoms with Crippen LogP contribution in [0.4, 0.5) is 5.69 Å². The van der Waals surface area contributed by atoms with Gasteiger partial charge in [-0.15, -0.1) is 11.8 Å². The van der Waals surface area contributed by atoms with Crippen LogP contribution in [0.25, 0.3) is 0 Å². The van der Waals surface area contributed by atoms with Gasteiger partial charge in [0.05, 0.1) is 31.4 Å². The number of anilines is 1. The van der Waals surface area contributed by atoms with Gasteiger partial charge in [-0.25, -0.2) is 4.98 Å². The lowest BCUT2D eigenvalue weighted by Crippen LogP contribution is -2.24. The number of aromatic nitrogens is 2. The van der Waals surface area contributed by atoms with Gasteiger partial charge in [0.2, 0.25) is 6.79 Å². The predicted molar refractivity (Wildman–Crippen MR) is 118 cm³/mol. The Labute approximate surface area is 184 Å². The molecule has 2 aliphatic heterocycles. The molecule has 0 saturated carbocycles. The molecular formula is C22H22ClN3O3S. The summed E-state index contributed by atoms with van der Waals surface area (Å²) < 4.78 is 16.6. The molecule has 2 aliphatic rings. The number of fused-ring (bicyclic) bond motifs is 2. The van der Waals surface area contributed by atoms with Crippen LogP contribution in [0.15, 0.2) is 41.6 Å². The van der Waals surface area contributed by atoms with E-state index in [9.17, 15) is 0 Å². The minimum absolute atomic E-state index is 0.183. The van der Waals surface area contributed by atoms with Crippen molar-refractivity contribution in [2.75, 3.05) is 25.3 Å². The van der Waals surface area contributed by atoms with E-state index in [1.54, 1.807) is 13.4 Å². The van der Waals surface area contributed by atoms with Crippen molar-refractivity contribution in [3.8, 4) is 17.2 Å². The molecular weight excluding hydrogens is 422 g/mol. The van der Waals surface area contributed by atoms with E-state index in [2.05, 4.69) is 33.9 Å². The molecule has 30 heavy (non-hydrogen) atoms. The third-order valence-corrected chi connectivity index (χ3v) is 7.23. The Kier molecular flexibility index (Phi) is 5.16. The molecule has 0 saturated heterocycles. The average Bonchev–Trinajstić information content (AvgIpc) is 3.32. The molecule has 0 radical (unpaired) electrons. The summed E-state index contributed by atoms with van der Waals surface area (Å²) in [6.07, 6.45) is 2.69. The Morgan fingerprint density at radius 1 is 1.27 bits per heavy atom. The highest BCUT2D eigenvalue weighted by molar-refractivity contribution is 7.99. The second kappa shape index (κ2) is 7.96. The van der Waals surface area contributed by atoms with E-state index in [0.29, 0.717) is 10.8 Å². The zero-order valence-electron chi connectivity index (χ0n) is 16.8. The second-order valence-electron chi connectivity index (χ2n) is 7.35. The van der Waals surface area contributed by atoms with Gasteiger partial charge in [0.25, 0.3) is 0 Å². The van der Waals surface area contributed by atoms with E-state index in [-0.39, 0.29) is 12.0 Å². The first kappa shape index (κ1) is 19.5. The number of thioether (sulfide) groups is 1. The summed E-state index contributed by atoms with van der Waals surface area (Å²) in [4.78, 5) is 11.2. The Bertz CT molecular complexity index is 1090. The van der Waals surface area contributed by atoms with Crippen molar-refractivity contribution in [3.63, 3.8) is 0 Å². The van der Waals surface area contributed by atoms with Crippen molar-refractivity contribution in [2.24, 2.45) is 0 Å². The largest absolute Gasteiger partial charge is 0.497 e. The molecule has 0 amide bonds. The van der Waals surface area contributed by atoms with Gasteiger partial charge in [-0.3, -0.25) is 0 Å². The zero-order chi connectivity index (χ0) is 20.7. The van der Waals surface area contributed by atoms with Crippen LogP contribution in [-0.4, -0.2) is 30.4 Å². The van der Waals surface area contributed by atoms with Gasteiger partial charge < -0.3 is 24.1 Å². The van der Waals surface area contributed by atoms with Crippen molar-refractivity contribution in [3.05, 3.63) is 58.6 Å². The minimum atomic E-state index is 0.183. The van der Waals surface area contributed by atoms with Crippen LogP contribution in [0.2, 0.25) is 5.02 Å². The van der Waals surface area contributed by atoms with Crippen LogP contribution < -0.4 is 19.1 Å². The second-order valence-corrected chi connectivity index (χ2v) is 9.00. The molecule has 1 atom stereocenters. The van der Waals surface area contributed by atoms with Crippen molar-refractivity contribution in [1.82, 2.24) is 9.97 Å². The van der Waals surface area contributed by atoms with Gasteiger partial charge in [-0.05, 0) is 43.2 Å². The fraction of sp³-hybridized carbons (Fsp3) is 0.318. The Balaban J connectivity index is 1.51. The number of ether oxygens (including phenoxy) is 3. The number of aromatic amines is 1.